The average Bonchev–Trinajstić information content (AvgIpc) is 3.44. The van der Waals surface area contributed by atoms with E-state index >= 15 is 0 Å². The third-order valence-corrected chi connectivity index (χ3v) is 4.88. The molecule has 0 radical (unpaired) electrons. The normalized spacial score (nSPS) is 11.0. The number of nitrogens with zero attached hydrogens (tertiary/aromatic N) is 4. The summed E-state index contributed by atoms with van der Waals surface area (Å²) < 4.78 is 20.5. The maximum absolute atomic E-state index is 13.8. The van der Waals surface area contributed by atoms with Crippen LogP contribution in [0.2, 0.25) is 0 Å². The molecule has 5 aromatic rings. The minimum absolute atomic E-state index is 0.277. The van der Waals surface area contributed by atoms with Crippen molar-refractivity contribution in [3.63, 3.8) is 0 Å². The van der Waals surface area contributed by atoms with E-state index in [0.29, 0.717) is 34.0 Å². The molecule has 0 fully saturated rings. The Hall–Kier alpha value is -4.33. The first kappa shape index (κ1) is 18.7. The molecule has 31 heavy (non-hydrogen) atoms. The van der Waals surface area contributed by atoms with Crippen LogP contribution in [-0.4, -0.2) is 25.5 Å². The average molecular weight is 413 g/mol. The van der Waals surface area contributed by atoms with Crippen molar-refractivity contribution < 1.29 is 13.6 Å². The molecule has 0 saturated heterocycles. The summed E-state index contributed by atoms with van der Waals surface area (Å²) in [6.45, 7) is 1.71. The van der Waals surface area contributed by atoms with Crippen LogP contribution in [0.25, 0.3) is 28.2 Å². The van der Waals surface area contributed by atoms with Gasteiger partial charge in [0.25, 0.3) is 5.91 Å². The molecule has 4 aromatic heterocycles. The zero-order chi connectivity index (χ0) is 21.4. The number of imidazole rings is 1. The number of nitrogens with one attached hydrogen (secondary N) is 1. The number of pyridine rings is 1. The van der Waals surface area contributed by atoms with Gasteiger partial charge in [0.2, 0.25) is 0 Å². The second-order valence-corrected chi connectivity index (χ2v) is 6.96. The summed E-state index contributed by atoms with van der Waals surface area (Å²) >= 11 is 0. The second kappa shape index (κ2) is 7.49. The predicted octanol–water partition coefficient (Wildman–Crippen LogP) is 4.75. The molecule has 0 atom stereocenters. The van der Waals surface area contributed by atoms with Gasteiger partial charge in [-0.25, -0.2) is 18.9 Å². The molecule has 8 heteroatoms. The largest absolute Gasteiger partial charge is 0.472 e. The SMILES string of the molecule is Cc1cc(-c2nc3cccnn3c2-c2ccnc(NC(=O)c3ccoc3)c2)ccc1F. The van der Waals surface area contributed by atoms with E-state index in [2.05, 4.69) is 15.4 Å². The predicted molar refractivity (Wildman–Crippen MR) is 113 cm³/mol. The van der Waals surface area contributed by atoms with Gasteiger partial charge in [-0.3, -0.25) is 4.79 Å². The number of carbonyl (C=O) groups excluding carboxylic acids is 1. The highest BCUT2D eigenvalue weighted by molar-refractivity contribution is 6.03. The number of amides is 1. The van der Waals surface area contributed by atoms with E-state index in [4.69, 9.17) is 9.40 Å². The van der Waals surface area contributed by atoms with Gasteiger partial charge in [0, 0.05) is 23.5 Å². The highest BCUT2D eigenvalue weighted by Gasteiger charge is 2.18. The molecule has 0 spiro atoms. The minimum Gasteiger partial charge on any atom is -0.472 e. The third kappa shape index (κ3) is 3.44. The summed E-state index contributed by atoms with van der Waals surface area (Å²) in [7, 11) is 0. The van der Waals surface area contributed by atoms with Crippen LogP contribution in [0.1, 0.15) is 15.9 Å². The Morgan fingerprint density at radius 1 is 1.10 bits per heavy atom. The third-order valence-electron chi connectivity index (χ3n) is 4.88. The van der Waals surface area contributed by atoms with Gasteiger partial charge >= 0.3 is 0 Å². The van der Waals surface area contributed by atoms with Crippen molar-refractivity contribution in [3.05, 3.63) is 90.4 Å². The Balaban J connectivity index is 1.63. The lowest BCUT2D eigenvalue weighted by molar-refractivity contribution is 0.102. The molecule has 4 heterocycles. The highest BCUT2D eigenvalue weighted by atomic mass is 19.1. The van der Waals surface area contributed by atoms with Gasteiger partial charge in [-0.1, -0.05) is 0 Å². The zero-order valence-corrected chi connectivity index (χ0v) is 16.4. The lowest BCUT2D eigenvalue weighted by atomic mass is 10.0. The molecule has 1 aromatic carbocycles. The van der Waals surface area contributed by atoms with Gasteiger partial charge in [-0.15, -0.1) is 0 Å². The van der Waals surface area contributed by atoms with Crippen LogP contribution in [0.3, 0.4) is 0 Å². The van der Waals surface area contributed by atoms with E-state index in [0.717, 1.165) is 11.1 Å². The Bertz CT molecular complexity index is 1410. The summed E-state index contributed by atoms with van der Waals surface area (Å²) in [4.78, 5) is 21.3. The Morgan fingerprint density at radius 3 is 2.81 bits per heavy atom. The van der Waals surface area contributed by atoms with Crippen molar-refractivity contribution in [1.82, 2.24) is 19.6 Å². The summed E-state index contributed by atoms with van der Waals surface area (Å²) in [5.41, 5.74) is 4.45. The Labute approximate surface area is 176 Å². The fourth-order valence-corrected chi connectivity index (χ4v) is 3.37. The molecular formula is C23H16FN5O2. The lowest BCUT2D eigenvalue weighted by Crippen LogP contribution is -2.12. The molecular weight excluding hydrogens is 397 g/mol. The number of furan rings is 1. The van der Waals surface area contributed by atoms with Crippen LogP contribution < -0.4 is 5.32 Å². The molecule has 0 aliphatic heterocycles. The summed E-state index contributed by atoms with van der Waals surface area (Å²) in [6.07, 6.45) is 6.06. The number of anilines is 1. The van der Waals surface area contributed by atoms with Crippen LogP contribution in [-0.2, 0) is 0 Å². The van der Waals surface area contributed by atoms with Crippen molar-refractivity contribution in [2.24, 2.45) is 0 Å². The van der Waals surface area contributed by atoms with Crippen molar-refractivity contribution in [3.8, 4) is 22.5 Å². The quantitative estimate of drug-likeness (QED) is 0.460. The smallest absolute Gasteiger partial charge is 0.260 e. The molecule has 1 N–H and O–H groups in total. The van der Waals surface area contributed by atoms with Crippen LogP contribution in [0, 0.1) is 12.7 Å². The molecule has 0 aliphatic rings. The number of hydrogen-bond acceptors (Lipinski definition) is 5. The van der Waals surface area contributed by atoms with E-state index in [1.54, 1.807) is 54.2 Å². The fourth-order valence-electron chi connectivity index (χ4n) is 3.37. The molecule has 152 valence electrons. The molecule has 1 amide bonds. The maximum Gasteiger partial charge on any atom is 0.260 e. The number of aromatic nitrogens is 4. The van der Waals surface area contributed by atoms with E-state index in [1.165, 1.54) is 18.6 Å². The number of carbonyl (C=O) groups is 1. The number of fused-ring (bicyclic) bond motifs is 1. The van der Waals surface area contributed by atoms with Gasteiger partial charge in [0.15, 0.2) is 5.65 Å². The summed E-state index contributed by atoms with van der Waals surface area (Å²) in [5.74, 6) is -0.236. The first-order chi connectivity index (χ1) is 15.1. The van der Waals surface area contributed by atoms with Crippen molar-refractivity contribution in [1.29, 1.82) is 0 Å². The number of aryl methyl sites for hydroxylation is 1. The van der Waals surface area contributed by atoms with Gasteiger partial charge in [-0.05, 0) is 61.0 Å². The van der Waals surface area contributed by atoms with Gasteiger partial charge in [0.05, 0.1) is 17.5 Å². The number of hydrogen-bond donors (Lipinski definition) is 1. The van der Waals surface area contributed by atoms with E-state index in [9.17, 15) is 9.18 Å². The van der Waals surface area contributed by atoms with Crippen LogP contribution >= 0.6 is 0 Å². The Morgan fingerprint density at radius 2 is 2.00 bits per heavy atom. The second-order valence-electron chi connectivity index (χ2n) is 6.96. The molecule has 0 unspecified atom stereocenters. The van der Waals surface area contributed by atoms with Crippen molar-refractivity contribution in [2.75, 3.05) is 5.32 Å². The molecule has 0 saturated carbocycles. The van der Waals surface area contributed by atoms with Gasteiger partial charge in [0.1, 0.15) is 23.6 Å². The summed E-state index contributed by atoms with van der Waals surface area (Å²) in [6, 6.07) is 13.6. The number of rotatable bonds is 4. The van der Waals surface area contributed by atoms with E-state index in [1.807, 2.05) is 12.1 Å². The molecule has 0 aliphatic carbocycles. The molecule has 5 rings (SSSR count). The first-order valence-electron chi connectivity index (χ1n) is 9.50. The standard InChI is InChI=1S/C23H16FN5O2/c1-14-11-15(4-5-18(14)24)21-22(29-20(28-21)3-2-8-26-29)16-6-9-25-19(12-16)27-23(30)17-7-10-31-13-17/h2-13H,1H3,(H,25,27,30). The fraction of sp³-hybridized carbons (Fsp3) is 0.0435. The Kier molecular flexibility index (Phi) is 4.51. The topological polar surface area (TPSA) is 85.3 Å². The van der Waals surface area contributed by atoms with Crippen molar-refractivity contribution >= 4 is 17.4 Å². The van der Waals surface area contributed by atoms with Gasteiger partial charge < -0.3 is 9.73 Å². The summed E-state index contributed by atoms with van der Waals surface area (Å²) in [5, 5.41) is 7.20. The minimum atomic E-state index is -0.330. The number of benzene rings is 1. The maximum atomic E-state index is 13.8. The highest BCUT2D eigenvalue weighted by Crippen LogP contribution is 2.33. The van der Waals surface area contributed by atoms with Crippen LogP contribution in [0.4, 0.5) is 10.2 Å². The molecule has 7 nitrogen and oxygen atoms in total. The monoisotopic (exact) mass is 413 g/mol. The zero-order valence-electron chi connectivity index (χ0n) is 16.4. The van der Waals surface area contributed by atoms with Crippen LogP contribution in [0.15, 0.2) is 77.9 Å². The van der Waals surface area contributed by atoms with E-state index in [-0.39, 0.29) is 11.7 Å². The number of halogens is 1. The van der Waals surface area contributed by atoms with E-state index < -0.39 is 0 Å². The van der Waals surface area contributed by atoms with Crippen molar-refractivity contribution in [2.45, 2.75) is 6.92 Å². The molecule has 0 bridgehead atoms. The van der Waals surface area contributed by atoms with Crippen LogP contribution in [0.5, 0.6) is 0 Å². The van der Waals surface area contributed by atoms with Gasteiger partial charge in [-0.2, -0.15) is 5.10 Å². The lowest BCUT2D eigenvalue weighted by Gasteiger charge is -2.08. The first-order valence-corrected chi connectivity index (χ1v) is 9.50.